The zero-order valence-electron chi connectivity index (χ0n) is 11.9. The Morgan fingerprint density at radius 1 is 1.24 bits per heavy atom. The van der Waals surface area contributed by atoms with Crippen molar-refractivity contribution in [1.29, 1.82) is 0 Å². The van der Waals surface area contributed by atoms with Crippen LogP contribution < -0.4 is 0 Å². The first kappa shape index (κ1) is 12.6. The van der Waals surface area contributed by atoms with Gasteiger partial charge < -0.3 is 5.11 Å². The fourth-order valence-electron chi connectivity index (χ4n) is 3.12. The van der Waals surface area contributed by atoms with Gasteiger partial charge >= 0.3 is 5.97 Å². The molecule has 1 fully saturated rings. The highest BCUT2D eigenvalue weighted by Crippen LogP contribution is 2.36. The van der Waals surface area contributed by atoms with Gasteiger partial charge in [-0.3, -0.25) is 9.58 Å². The number of carboxylic acid groups (broad SMARTS) is 1. The molecule has 1 aliphatic heterocycles. The van der Waals surface area contributed by atoms with Gasteiger partial charge in [0.1, 0.15) is 0 Å². The van der Waals surface area contributed by atoms with Crippen molar-refractivity contribution in [2.45, 2.75) is 32.0 Å². The molecule has 5 heteroatoms. The van der Waals surface area contributed by atoms with E-state index in [2.05, 4.69) is 28.2 Å². The van der Waals surface area contributed by atoms with Gasteiger partial charge in [0.15, 0.2) is 5.69 Å². The normalized spacial score (nSPS) is 18.0. The number of benzene rings is 1. The van der Waals surface area contributed by atoms with Gasteiger partial charge in [-0.15, -0.1) is 0 Å². The lowest BCUT2D eigenvalue weighted by Crippen LogP contribution is -2.18. The van der Waals surface area contributed by atoms with Crippen molar-refractivity contribution < 1.29 is 9.90 Å². The van der Waals surface area contributed by atoms with Crippen molar-refractivity contribution in [3.05, 3.63) is 41.1 Å². The summed E-state index contributed by atoms with van der Waals surface area (Å²) in [5.41, 5.74) is 4.73. The molecule has 1 N–H and O–H groups in total. The van der Waals surface area contributed by atoms with E-state index in [-0.39, 0.29) is 5.69 Å². The van der Waals surface area contributed by atoms with E-state index in [1.165, 1.54) is 24.0 Å². The predicted molar refractivity (Wildman–Crippen MR) is 77.9 cm³/mol. The second-order valence-corrected chi connectivity index (χ2v) is 5.96. The Morgan fingerprint density at radius 3 is 2.67 bits per heavy atom. The second-order valence-electron chi connectivity index (χ2n) is 5.96. The van der Waals surface area contributed by atoms with Crippen LogP contribution in [0.4, 0.5) is 0 Å². The standard InChI is InChI=1S/C16H17N3O2/c1-18-15(7-14(17-18)16(20)21)10-2-3-11-8-19(13-4-5-13)9-12(11)6-10/h2-3,6-7,13H,4-5,8-9H2,1H3,(H,20,21). The summed E-state index contributed by atoms with van der Waals surface area (Å²) < 4.78 is 1.64. The maximum Gasteiger partial charge on any atom is 0.356 e. The number of aryl methyl sites for hydroxylation is 1. The zero-order chi connectivity index (χ0) is 14.6. The van der Waals surface area contributed by atoms with E-state index in [1.54, 1.807) is 17.8 Å². The maximum atomic E-state index is 11.0. The first-order chi connectivity index (χ1) is 10.1. The van der Waals surface area contributed by atoms with Crippen LogP contribution in [0, 0.1) is 0 Å². The lowest BCUT2D eigenvalue weighted by molar-refractivity contribution is 0.0689. The minimum atomic E-state index is -0.988. The molecule has 2 heterocycles. The summed E-state index contributed by atoms with van der Waals surface area (Å²) >= 11 is 0. The van der Waals surface area contributed by atoms with Gasteiger partial charge in [0.25, 0.3) is 0 Å². The van der Waals surface area contributed by atoms with Crippen molar-refractivity contribution in [2.75, 3.05) is 0 Å². The molecule has 0 atom stereocenters. The van der Waals surface area contributed by atoms with Crippen LogP contribution in [0.1, 0.15) is 34.5 Å². The average molecular weight is 283 g/mol. The van der Waals surface area contributed by atoms with E-state index in [9.17, 15) is 4.79 Å². The molecule has 1 saturated carbocycles. The molecule has 0 saturated heterocycles. The van der Waals surface area contributed by atoms with Gasteiger partial charge in [-0.05, 0) is 36.1 Å². The van der Waals surface area contributed by atoms with Crippen LogP contribution in [0.2, 0.25) is 0 Å². The summed E-state index contributed by atoms with van der Waals surface area (Å²) in [5, 5.41) is 13.1. The van der Waals surface area contributed by atoms with Crippen molar-refractivity contribution >= 4 is 5.97 Å². The highest BCUT2D eigenvalue weighted by atomic mass is 16.4. The van der Waals surface area contributed by atoms with Gasteiger partial charge in [-0.2, -0.15) is 5.10 Å². The first-order valence-corrected chi connectivity index (χ1v) is 7.25. The number of carbonyl (C=O) groups is 1. The molecule has 0 amide bonds. The third-order valence-corrected chi connectivity index (χ3v) is 4.41. The maximum absolute atomic E-state index is 11.0. The van der Waals surface area contributed by atoms with E-state index >= 15 is 0 Å². The van der Waals surface area contributed by atoms with Crippen molar-refractivity contribution in [2.24, 2.45) is 7.05 Å². The lowest BCUT2D eigenvalue weighted by Gasteiger charge is -2.11. The molecule has 1 aromatic carbocycles. The topological polar surface area (TPSA) is 58.4 Å². The summed E-state index contributed by atoms with van der Waals surface area (Å²) in [4.78, 5) is 13.6. The number of hydrogen-bond donors (Lipinski definition) is 1. The second kappa shape index (κ2) is 4.43. The van der Waals surface area contributed by atoms with E-state index in [4.69, 9.17) is 5.11 Å². The predicted octanol–water partition coefficient (Wildman–Crippen LogP) is 2.26. The van der Waals surface area contributed by atoms with E-state index in [0.717, 1.165) is 30.4 Å². The molecule has 2 aromatic rings. The molecule has 0 unspecified atom stereocenters. The molecule has 21 heavy (non-hydrogen) atoms. The smallest absolute Gasteiger partial charge is 0.356 e. The van der Waals surface area contributed by atoms with Gasteiger partial charge in [0.2, 0.25) is 0 Å². The van der Waals surface area contributed by atoms with E-state index < -0.39 is 5.97 Å². The fraction of sp³-hybridized carbons (Fsp3) is 0.375. The van der Waals surface area contributed by atoms with Crippen molar-refractivity contribution in [3.8, 4) is 11.3 Å². The Morgan fingerprint density at radius 2 is 2.00 bits per heavy atom. The molecule has 1 aliphatic carbocycles. The third-order valence-electron chi connectivity index (χ3n) is 4.41. The summed E-state index contributed by atoms with van der Waals surface area (Å²) in [6.45, 7) is 2.06. The molecule has 108 valence electrons. The van der Waals surface area contributed by atoms with Crippen LogP contribution >= 0.6 is 0 Å². The Kier molecular flexibility index (Phi) is 2.65. The van der Waals surface area contributed by atoms with Gasteiger partial charge in [0, 0.05) is 31.7 Å². The Labute approximate surface area is 122 Å². The van der Waals surface area contributed by atoms with Crippen LogP contribution in [-0.2, 0) is 20.1 Å². The number of aromatic nitrogens is 2. The van der Waals surface area contributed by atoms with Crippen LogP contribution in [0.3, 0.4) is 0 Å². The zero-order valence-corrected chi connectivity index (χ0v) is 11.9. The molecule has 5 nitrogen and oxygen atoms in total. The molecular formula is C16H17N3O2. The highest BCUT2D eigenvalue weighted by molar-refractivity contribution is 5.87. The summed E-state index contributed by atoms with van der Waals surface area (Å²) in [6.07, 6.45) is 2.65. The molecule has 0 radical (unpaired) electrons. The molecule has 0 spiro atoms. The number of fused-ring (bicyclic) bond motifs is 1. The first-order valence-electron chi connectivity index (χ1n) is 7.25. The fourth-order valence-corrected chi connectivity index (χ4v) is 3.12. The molecule has 4 rings (SSSR count). The van der Waals surface area contributed by atoms with E-state index in [0.29, 0.717) is 0 Å². The molecule has 2 aliphatic rings. The molecular weight excluding hydrogens is 266 g/mol. The van der Waals surface area contributed by atoms with Crippen LogP contribution in [0.15, 0.2) is 24.3 Å². The summed E-state index contributed by atoms with van der Waals surface area (Å²) in [6, 6.07) is 8.83. The Balaban J connectivity index is 1.68. The minimum absolute atomic E-state index is 0.0904. The number of aromatic carboxylic acids is 1. The van der Waals surface area contributed by atoms with Crippen molar-refractivity contribution in [1.82, 2.24) is 14.7 Å². The highest BCUT2D eigenvalue weighted by Gasteiger charge is 2.33. The number of nitrogens with zero attached hydrogens (tertiary/aromatic N) is 3. The Hall–Kier alpha value is -2.14. The summed E-state index contributed by atoms with van der Waals surface area (Å²) in [5.74, 6) is -0.988. The van der Waals surface area contributed by atoms with Crippen molar-refractivity contribution in [3.63, 3.8) is 0 Å². The monoisotopic (exact) mass is 283 g/mol. The lowest BCUT2D eigenvalue weighted by atomic mass is 10.0. The molecule has 0 bridgehead atoms. The van der Waals surface area contributed by atoms with Crippen LogP contribution in [-0.4, -0.2) is 31.8 Å². The largest absolute Gasteiger partial charge is 0.476 e. The number of rotatable bonds is 3. The number of hydrogen-bond acceptors (Lipinski definition) is 3. The minimum Gasteiger partial charge on any atom is -0.476 e. The van der Waals surface area contributed by atoms with Gasteiger partial charge in [0.05, 0.1) is 5.69 Å². The van der Waals surface area contributed by atoms with Gasteiger partial charge in [-0.1, -0.05) is 12.1 Å². The summed E-state index contributed by atoms with van der Waals surface area (Å²) in [7, 11) is 1.78. The van der Waals surface area contributed by atoms with Crippen LogP contribution in [0.5, 0.6) is 0 Å². The molecule has 1 aromatic heterocycles. The SMILES string of the molecule is Cn1nc(C(=O)O)cc1-c1ccc2c(c1)CN(C1CC1)C2. The Bertz CT molecular complexity index is 731. The average Bonchev–Trinajstić information content (AvgIpc) is 3.10. The third kappa shape index (κ3) is 2.14. The van der Waals surface area contributed by atoms with E-state index in [1.807, 2.05) is 0 Å². The van der Waals surface area contributed by atoms with Crippen LogP contribution in [0.25, 0.3) is 11.3 Å². The number of carboxylic acids is 1. The van der Waals surface area contributed by atoms with Gasteiger partial charge in [-0.25, -0.2) is 4.79 Å². The quantitative estimate of drug-likeness (QED) is 0.938.